The van der Waals surface area contributed by atoms with Gasteiger partial charge in [-0.3, -0.25) is 20.4 Å². The van der Waals surface area contributed by atoms with Crippen LogP contribution in [0.2, 0.25) is 0 Å². The van der Waals surface area contributed by atoms with Crippen molar-refractivity contribution in [3.05, 3.63) is 54.1 Å². The Bertz CT molecular complexity index is 1360. The molecule has 0 radical (unpaired) electrons. The highest BCUT2D eigenvalue weighted by Crippen LogP contribution is 2.85. The van der Waals surface area contributed by atoms with Gasteiger partial charge in [-0.25, -0.2) is 13.1 Å². The van der Waals surface area contributed by atoms with E-state index in [1.165, 1.54) is 37.1 Å². The predicted molar refractivity (Wildman–Crippen MR) is 142 cm³/mol. The third kappa shape index (κ3) is 3.96. The second-order valence-electron chi connectivity index (χ2n) is 11.6. The maximum absolute atomic E-state index is 13.3. The molecule has 4 saturated carbocycles. The summed E-state index contributed by atoms with van der Waals surface area (Å²) >= 11 is 0. The van der Waals surface area contributed by atoms with Gasteiger partial charge in [-0.1, -0.05) is 6.07 Å². The van der Waals surface area contributed by atoms with Gasteiger partial charge >= 0.3 is 0 Å². The highest BCUT2D eigenvalue weighted by Gasteiger charge is 2.78. The summed E-state index contributed by atoms with van der Waals surface area (Å²) in [4.78, 5) is 24.9. The number of ether oxygens (including phenoxy) is 1. The number of anilines is 1. The van der Waals surface area contributed by atoms with Crippen LogP contribution in [0.4, 0.5) is 5.69 Å². The molecule has 4 aliphatic carbocycles. The molecule has 10 heteroatoms. The third-order valence-corrected chi connectivity index (χ3v) is 11.4. The number of methoxy groups -OCH3 is 1. The van der Waals surface area contributed by atoms with Gasteiger partial charge in [0.25, 0.3) is 11.8 Å². The Morgan fingerprint density at radius 1 is 1.03 bits per heavy atom. The molecule has 2 amide bonds. The minimum atomic E-state index is -3.82. The molecule has 9 nitrogen and oxygen atoms in total. The van der Waals surface area contributed by atoms with Crippen LogP contribution >= 0.6 is 0 Å². The number of carbonyl (C=O) groups excluding carboxylic acids is 2. The number of sulfonamides is 1. The minimum Gasteiger partial charge on any atom is -0.497 e. The van der Waals surface area contributed by atoms with Gasteiger partial charge in [0.05, 0.1) is 18.6 Å². The summed E-state index contributed by atoms with van der Waals surface area (Å²) in [6.45, 7) is 1.94. The van der Waals surface area contributed by atoms with Crippen LogP contribution in [0, 0.1) is 28.6 Å². The Morgan fingerprint density at radius 2 is 1.74 bits per heavy atom. The van der Waals surface area contributed by atoms with Crippen LogP contribution in [-0.2, 0) is 14.8 Å². The molecule has 2 bridgehead atoms. The first-order chi connectivity index (χ1) is 18.1. The molecule has 0 aliphatic heterocycles. The van der Waals surface area contributed by atoms with E-state index in [-0.39, 0.29) is 28.5 Å². The van der Waals surface area contributed by atoms with E-state index in [1.54, 1.807) is 31.4 Å². The number of carbonyl (C=O) groups is 2. The first-order valence-corrected chi connectivity index (χ1v) is 14.7. The van der Waals surface area contributed by atoms with Crippen molar-refractivity contribution in [1.82, 2.24) is 15.6 Å². The number of fused-ring (bicyclic) bond motifs is 1. The van der Waals surface area contributed by atoms with Gasteiger partial charge < -0.3 is 10.1 Å². The first-order valence-electron chi connectivity index (χ1n) is 13.2. The second-order valence-corrected chi connectivity index (χ2v) is 13.3. The smallest absolute Gasteiger partial charge is 0.269 e. The second kappa shape index (κ2) is 8.98. The Balaban J connectivity index is 1.04. The summed E-state index contributed by atoms with van der Waals surface area (Å²) < 4.78 is 34.7. The average molecular weight is 539 g/mol. The van der Waals surface area contributed by atoms with Gasteiger partial charge in [0.15, 0.2) is 0 Å². The minimum absolute atomic E-state index is 0.0406. The van der Waals surface area contributed by atoms with Crippen molar-refractivity contribution in [2.24, 2.45) is 28.6 Å². The third-order valence-electron chi connectivity index (χ3n) is 9.90. The molecule has 6 rings (SSSR count). The zero-order chi connectivity index (χ0) is 26.7. The summed E-state index contributed by atoms with van der Waals surface area (Å²) in [6.07, 6.45) is 6.05. The highest BCUT2D eigenvalue weighted by atomic mass is 32.2. The maximum Gasteiger partial charge on any atom is 0.269 e. The fraction of sp³-hybridized carbons (Fsp3) is 0.500. The molecule has 1 spiro atoms. The predicted octanol–water partition coefficient (Wildman–Crippen LogP) is 3.06. The zero-order valence-electron chi connectivity index (χ0n) is 21.6. The number of amides is 2. The highest BCUT2D eigenvalue weighted by molar-refractivity contribution is 7.89. The van der Waals surface area contributed by atoms with E-state index >= 15 is 0 Å². The SMILES string of the molecule is COc1ccc(NCC(=O)NNC(=O)c2cccc(S(=O)(=O)NC(C)C34CC5CC6CC(C3)C65C4)c2)cc1. The van der Waals surface area contributed by atoms with Crippen molar-refractivity contribution in [1.29, 1.82) is 0 Å². The molecule has 3 atom stereocenters. The summed E-state index contributed by atoms with van der Waals surface area (Å²) in [5.41, 5.74) is 6.13. The summed E-state index contributed by atoms with van der Waals surface area (Å²) in [7, 11) is -2.24. The molecule has 4 aliphatic rings. The van der Waals surface area contributed by atoms with Gasteiger partial charge in [-0.2, -0.15) is 0 Å². The van der Waals surface area contributed by atoms with Crippen LogP contribution in [-0.4, -0.2) is 39.9 Å². The first kappa shape index (κ1) is 25.2. The average Bonchev–Trinajstić information content (AvgIpc) is 3.40. The van der Waals surface area contributed by atoms with E-state index in [4.69, 9.17) is 4.74 Å². The monoisotopic (exact) mass is 538 g/mol. The lowest BCUT2D eigenvalue weighted by Crippen LogP contribution is -2.59. The van der Waals surface area contributed by atoms with E-state index in [0.717, 1.165) is 42.7 Å². The summed E-state index contributed by atoms with van der Waals surface area (Å²) in [5, 5.41) is 2.95. The van der Waals surface area contributed by atoms with Gasteiger partial charge in [0.2, 0.25) is 10.0 Å². The molecule has 4 fully saturated rings. The topological polar surface area (TPSA) is 126 Å². The molecule has 2 aromatic rings. The quantitative estimate of drug-likeness (QED) is 0.364. The van der Waals surface area contributed by atoms with E-state index in [1.807, 2.05) is 6.92 Å². The number of hydrogen-bond donors (Lipinski definition) is 4. The van der Waals surface area contributed by atoms with Crippen LogP contribution in [0.1, 0.15) is 49.4 Å². The van der Waals surface area contributed by atoms with Crippen molar-refractivity contribution >= 4 is 27.5 Å². The van der Waals surface area contributed by atoms with Crippen LogP contribution in [0.15, 0.2) is 53.4 Å². The Kier molecular flexibility index (Phi) is 5.95. The fourth-order valence-corrected chi connectivity index (χ4v) is 9.40. The number of hydrogen-bond acceptors (Lipinski definition) is 6. The van der Waals surface area contributed by atoms with Crippen molar-refractivity contribution in [2.75, 3.05) is 19.0 Å². The van der Waals surface area contributed by atoms with Crippen LogP contribution < -0.4 is 25.6 Å². The van der Waals surface area contributed by atoms with Crippen LogP contribution in [0.3, 0.4) is 0 Å². The van der Waals surface area contributed by atoms with Crippen LogP contribution in [0.5, 0.6) is 5.75 Å². The lowest BCUT2D eigenvalue weighted by molar-refractivity contribution is -0.177. The van der Waals surface area contributed by atoms with E-state index in [0.29, 0.717) is 11.2 Å². The van der Waals surface area contributed by atoms with Gasteiger partial charge in [-0.15, -0.1) is 0 Å². The lowest BCUT2D eigenvalue weighted by atomic mass is 9.38. The largest absolute Gasteiger partial charge is 0.497 e. The van der Waals surface area contributed by atoms with Gasteiger partial charge in [-0.05, 0) is 110 Å². The summed E-state index contributed by atoms with van der Waals surface area (Å²) in [5.74, 6) is 2.08. The normalized spacial score (nSPS) is 30.8. The van der Waals surface area contributed by atoms with Crippen molar-refractivity contribution in [3.8, 4) is 5.75 Å². The molecule has 3 unspecified atom stereocenters. The van der Waals surface area contributed by atoms with Crippen molar-refractivity contribution in [3.63, 3.8) is 0 Å². The Labute approximate surface area is 223 Å². The lowest BCUT2D eigenvalue weighted by Gasteiger charge is -2.66. The van der Waals surface area contributed by atoms with E-state index in [9.17, 15) is 18.0 Å². The maximum atomic E-state index is 13.3. The van der Waals surface area contributed by atoms with Gasteiger partial charge in [0, 0.05) is 17.3 Å². The standard InChI is InChI=1S/C28H34N4O5S/c1-17(27-13-20-11-19-12-21(14-27)28(19,20)16-27)32-38(35,36)24-5-3-4-18(10-24)26(34)31-30-25(33)15-29-22-6-8-23(37-2)9-7-22/h3-10,17,19-21,29,32H,11-16H2,1-2H3,(H,30,33)(H,31,34). The molecule has 0 aromatic heterocycles. The Hall–Kier alpha value is -3.11. The van der Waals surface area contributed by atoms with Crippen molar-refractivity contribution < 1.29 is 22.7 Å². The molecular weight excluding hydrogens is 504 g/mol. The molecule has 38 heavy (non-hydrogen) atoms. The molecule has 202 valence electrons. The molecular formula is C28H34N4O5S. The number of rotatable bonds is 9. The van der Waals surface area contributed by atoms with Gasteiger partial charge in [0.1, 0.15) is 5.75 Å². The molecule has 2 aromatic carbocycles. The van der Waals surface area contributed by atoms with E-state index in [2.05, 4.69) is 20.9 Å². The number of hydrazine groups is 1. The van der Waals surface area contributed by atoms with Crippen molar-refractivity contribution in [2.45, 2.75) is 50.0 Å². The fourth-order valence-electron chi connectivity index (χ4n) is 8.01. The molecule has 0 saturated heterocycles. The number of benzene rings is 2. The summed E-state index contributed by atoms with van der Waals surface area (Å²) in [6, 6.07) is 12.8. The number of nitrogens with one attached hydrogen (secondary N) is 4. The van der Waals surface area contributed by atoms with E-state index < -0.39 is 21.8 Å². The zero-order valence-corrected chi connectivity index (χ0v) is 22.4. The van der Waals surface area contributed by atoms with Crippen LogP contribution in [0.25, 0.3) is 0 Å². The molecule has 0 heterocycles. The Morgan fingerprint density at radius 3 is 2.37 bits per heavy atom. The molecule has 4 N–H and O–H groups in total.